The minimum atomic E-state index is -1.05. The van der Waals surface area contributed by atoms with E-state index in [4.69, 9.17) is 14.6 Å². The zero-order valence-electron chi connectivity index (χ0n) is 18.7. The molecule has 35 heavy (non-hydrogen) atoms. The van der Waals surface area contributed by atoms with Crippen molar-refractivity contribution in [2.45, 2.75) is 18.3 Å². The van der Waals surface area contributed by atoms with Gasteiger partial charge in [-0.1, -0.05) is 12.1 Å². The Labute approximate surface area is 213 Å². The number of benzene rings is 1. The first-order chi connectivity index (χ1) is 16.9. The zero-order valence-corrected chi connectivity index (χ0v) is 21.1. The summed E-state index contributed by atoms with van der Waals surface area (Å²) in [5, 5.41) is 18.3. The Balaban J connectivity index is 1.72. The maximum Gasteiger partial charge on any atom is 0.337 e. The molecule has 3 atom stereocenters. The fourth-order valence-corrected chi connectivity index (χ4v) is 5.24. The number of thiazole rings is 1. The van der Waals surface area contributed by atoms with Crippen LogP contribution in [0.15, 0.2) is 57.7 Å². The van der Waals surface area contributed by atoms with Gasteiger partial charge in [0, 0.05) is 43.0 Å². The van der Waals surface area contributed by atoms with Crippen molar-refractivity contribution in [2.75, 3.05) is 33.4 Å². The smallest absolute Gasteiger partial charge is 0.337 e. The highest BCUT2D eigenvalue weighted by atomic mass is 79.9. The third kappa shape index (κ3) is 5.96. The third-order valence-electron chi connectivity index (χ3n) is 5.67. The summed E-state index contributed by atoms with van der Waals surface area (Å²) in [7, 11) is 1.30. The van der Waals surface area contributed by atoms with Gasteiger partial charge in [-0.2, -0.15) is 0 Å². The number of halogens is 2. The highest BCUT2D eigenvalue weighted by Gasteiger charge is 2.37. The number of methoxy groups -OCH3 is 1. The molecule has 0 aliphatic carbocycles. The number of ether oxygens (including phenoxy) is 2. The van der Waals surface area contributed by atoms with Crippen molar-refractivity contribution in [2.24, 2.45) is 0 Å². The van der Waals surface area contributed by atoms with E-state index in [1.807, 2.05) is 5.38 Å². The second-order valence-electron chi connectivity index (χ2n) is 7.92. The first kappa shape index (κ1) is 25.5. The van der Waals surface area contributed by atoms with E-state index in [9.17, 15) is 14.0 Å². The largest absolute Gasteiger partial charge is 0.478 e. The molecule has 12 heteroatoms. The predicted molar refractivity (Wildman–Crippen MR) is 130 cm³/mol. The molecule has 3 N–H and O–H groups in total. The number of morpholine rings is 1. The molecule has 1 fully saturated rings. The average Bonchev–Trinajstić information content (AvgIpc) is 3.39. The monoisotopic (exact) mass is 566 g/mol. The van der Waals surface area contributed by atoms with E-state index in [2.05, 4.69) is 36.4 Å². The summed E-state index contributed by atoms with van der Waals surface area (Å²) < 4.78 is 25.5. The number of rotatable bonds is 7. The lowest BCUT2D eigenvalue weighted by molar-refractivity contribution is -0.137. The Morgan fingerprint density at radius 3 is 3.00 bits per heavy atom. The summed E-state index contributed by atoms with van der Waals surface area (Å²) in [4.78, 5) is 30.4. The van der Waals surface area contributed by atoms with Crippen LogP contribution in [0.4, 0.5) is 4.39 Å². The molecule has 1 aromatic carbocycles. The van der Waals surface area contributed by atoms with E-state index < -0.39 is 36.1 Å². The molecule has 4 rings (SSSR count). The van der Waals surface area contributed by atoms with E-state index >= 15 is 0 Å². The van der Waals surface area contributed by atoms with Gasteiger partial charge in [0.2, 0.25) is 0 Å². The van der Waals surface area contributed by atoms with Crippen LogP contribution in [0, 0.1) is 5.82 Å². The van der Waals surface area contributed by atoms with Crippen LogP contribution in [0.3, 0.4) is 0 Å². The number of carbonyl (C=O) groups excluding carboxylic acids is 1. The van der Waals surface area contributed by atoms with Gasteiger partial charge in [0.15, 0.2) is 0 Å². The maximum absolute atomic E-state index is 14.5. The number of aliphatic carboxylic acids is 1. The quantitative estimate of drug-likeness (QED) is 0.344. The van der Waals surface area contributed by atoms with Crippen LogP contribution in [0.25, 0.3) is 0 Å². The van der Waals surface area contributed by atoms with Gasteiger partial charge in [-0.25, -0.2) is 19.0 Å². The summed E-state index contributed by atoms with van der Waals surface area (Å²) in [6.07, 6.45) is 3.43. The van der Waals surface area contributed by atoms with Crippen molar-refractivity contribution >= 4 is 39.2 Å². The molecule has 1 aromatic heterocycles. The molecule has 2 aromatic rings. The van der Waals surface area contributed by atoms with Gasteiger partial charge in [0.1, 0.15) is 17.0 Å². The van der Waals surface area contributed by atoms with Crippen molar-refractivity contribution in [1.29, 1.82) is 0 Å². The van der Waals surface area contributed by atoms with Gasteiger partial charge < -0.3 is 19.9 Å². The van der Waals surface area contributed by atoms with Crippen LogP contribution in [0.2, 0.25) is 0 Å². The maximum atomic E-state index is 14.5. The van der Waals surface area contributed by atoms with Gasteiger partial charge in [-0.05, 0) is 33.6 Å². The van der Waals surface area contributed by atoms with E-state index in [1.165, 1.54) is 30.6 Å². The summed E-state index contributed by atoms with van der Waals surface area (Å²) in [6.45, 7) is 1.77. The number of carboxylic acids is 1. The van der Waals surface area contributed by atoms with Gasteiger partial charge in [0.05, 0.1) is 35.9 Å². The highest BCUT2D eigenvalue weighted by molar-refractivity contribution is 9.10. The van der Waals surface area contributed by atoms with Gasteiger partial charge in [0.25, 0.3) is 0 Å². The number of nitrogens with zero attached hydrogens (tertiary/aromatic N) is 2. The Hall–Kier alpha value is -2.64. The van der Waals surface area contributed by atoms with Gasteiger partial charge >= 0.3 is 11.9 Å². The fourth-order valence-electron chi connectivity index (χ4n) is 4.10. The summed E-state index contributed by atoms with van der Waals surface area (Å²) >= 11 is 4.78. The van der Waals surface area contributed by atoms with Crippen molar-refractivity contribution in [3.8, 4) is 0 Å². The SMILES string of the molecule is COC(=O)C1=C(CN2CCO[C@H](/C=C/C(=O)O)C2)NC(c2nccs2)NC1c1cccc(F)c1Br. The van der Waals surface area contributed by atoms with Crippen LogP contribution in [0.1, 0.15) is 22.8 Å². The molecule has 2 aliphatic rings. The van der Waals surface area contributed by atoms with Crippen molar-refractivity contribution in [3.63, 3.8) is 0 Å². The molecule has 2 aliphatic heterocycles. The van der Waals surface area contributed by atoms with Crippen molar-refractivity contribution in [1.82, 2.24) is 20.5 Å². The summed E-state index contributed by atoms with van der Waals surface area (Å²) in [5.41, 5.74) is 1.49. The normalized spacial score (nSPS) is 23.3. The van der Waals surface area contributed by atoms with E-state index in [-0.39, 0.29) is 4.47 Å². The Morgan fingerprint density at radius 1 is 1.46 bits per heavy atom. The molecule has 0 radical (unpaired) electrons. The average molecular weight is 567 g/mol. The standard InChI is InChI=1S/C23H24BrFN4O5S/c1-33-23(32)18-16(12-29-8-9-34-13(11-29)5-6-17(30)31)27-21(22-26-7-10-35-22)28-20(18)14-3-2-4-15(25)19(14)24/h2-7,10,13,20-21,27-28H,8-9,11-12H2,1H3,(H,30,31)/b6-5+/t13-,20?,21?/m1/s1. The highest BCUT2D eigenvalue weighted by Crippen LogP contribution is 2.37. The minimum absolute atomic E-state index is 0.253. The Morgan fingerprint density at radius 2 is 2.29 bits per heavy atom. The lowest BCUT2D eigenvalue weighted by Gasteiger charge is -2.38. The first-order valence-corrected chi connectivity index (χ1v) is 12.5. The molecule has 0 saturated carbocycles. The van der Waals surface area contributed by atoms with Gasteiger partial charge in [-0.15, -0.1) is 11.3 Å². The second kappa shape index (κ2) is 11.4. The van der Waals surface area contributed by atoms with Crippen LogP contribution in [-0.2, 0) is 19.1 Å². The van der Waals surface area contributed by atoms with Crippen LogP contribution >= 0.6 is 27.3 Å². The fraction of sp³-hybridized carbons (Fsp3) is 0.348. The van der Waals surface area contributed by atoms with E-state index in [0.717, 1.165) is 11.1 Å². The number of hydrogen-bond acceptors (Lipinski definition) is 9. The zero-order chi connectivity index (χ0) is 24.9. The number of carboxylic acid groups (broad SMARTS) is 1. The topological polar surface area (TPSA) is 113 Å². The molecular weight excluding hydrogens is 543 g/mol. The van der Waals surface area contributed by atoms with Crippen LogP contribution in [-0.4, -0.2) is 66.4 Å². The molecule has 0 spiro atoms. The number of nitrogens with one attached hydrogen (secondary N) is 2. The molecule has 0 amide bonds. The summed E-state index contributed by atoms with van der Waals surface area (Å²) in [6, 6.07) is 4.00. The predicted octanol–water partition coefficient (Wildman–Crippen LogP) is 2.75. The molecule has 186 valence electrons. The lowest BCUT2D eigenvalue weighted by Crippen LogP contribution is -2.49. The van der Waals surface area contributed by atoms with Crippen molar-refractivity contribution in [3.05, 3.63) is 74.1 Å². The number of carbonyl (C=O) groups is 2. The molecular formula is C23H24BrFN4O5S. The van der Waals surface area contributed by atoms with Crippen LogP contribution < -0.4 is 10.6 Å². The second-order valence-corrected chi connectivity index (χ2v) is 9.64. The molecule has 0 bridgehead atoms. The molecule has 1 saturated heterocycles. The molecule has 3 heterocycles. The summed E-state index contributed by atoms with van der Waals surface area (Å²) in [5.74, 6) is -2.04. The van der Waals surface area contributed by atoms with Crippen LogP contribution in [0.5, 0.6) is 0 Å². The molecule has 9 nitrogen and oxygen atoms in total. The van der Waals surface area contributed by atoms with Crippen molar-refractivity contribution < 1.29 is 28.6 Å². The van der Waals surface area contributed by atoms with E-state index in [0.29, 0.717) is 43.1 Å². The Kier molecular flexibility index (Phi) is 8.29. The Bertz CT molecular complexity index is 1140. The number of hydrogen-bond donors (Lipinski definition) is 3. The minimum Gasteiger partial charge on any atom is -0.478 e. The van der Waals surface area contributed by atoms with E-state index in [1.54, 1.807) is 18.3 Å². The number of esters is 1. The lowest BCUT2D eigenvalue weighted by atomic mass is 9.93. The first-order valence-electron chi connectivity index (χ1n) is 10.8. The molecule has 2 unspecified atom stereocenters. The van der Waals surface area contributed by atoms with Gasteiger partial charge in [-0.3, -0.25) is 10.2 Å². The third-order valence-corrected chi connectivity index (χ3v) is 7.35. The number of aromatic nitrogens is 1.